The van der Waals surface area contributed by atoms with E-state index < -0.39 is 26.5 Å². The first-order valence-electron chi connectivity index (χ1n) is 7.20. The van der Waals surface area contributed by atoms with Gasteiger partial charge in [0, 0.05) is 12.6 Å². The summed E-state index contributed by atoms with van der Waals surface area (Å²) in [5.41, 5.74) is 0.216. The fourth-order valence-corrected chi connectivity index (χ4v) is 3.33. The first kappa shape index (κ1) is 20.6. The van der Waals surface area contributed by atoms with Crippen molar-refractivity contribution in [3.05, 3.63) is 23.5 Å². The summed E-state index contributed by atoms with van der Waals surface area (Å²) in [6.45, 7) is 1.61. The van der Waals surface area contributed by atoms with Crippen molar-refractivity contribution >= 4 is 28.3 Å². The Kier molecular flexibility index (Phi) is 7.40. The molecule has 1 aromatic rings. The van der Waals surface area contributed by atoms with E-state index in [4.69, 9.17) is 9.88 Å². The number of rotatable bonds is 5. The molecule has 1 saturated heterocycles. The van der Waals surface area contributed by atoms with Gasteiger partial charge in [-0.05, 0) is 37.1 Å². The Balaban J connectivity index is 0.00000288. The van der Waals surface area contributed by atoms with Crippen LogP contribution in [-0.2, 0) is 21.2 Å². The van der Waals surface area contributed by atoms with Gasteiger partial charge in [-0.15, -0.1) is 12.4 Å². The second-order valence-electron chi connectivity index (χ2n) is 5.44. The average Bonchev–Trinajstić information content (AvgIpc) is 2.46. The summed E-state index contributed by atoms with van der Waals surface area (Å²) in [5, 5.41) is 11.1. The van der Waals surface area contributed by atoms with Crippen molar-refractivity contribution in [1.82, 2.24) is 10.6 Å². The molecular weight excluding hydrogens is 361 g/mol. The first-order chi connectivity index (χ1) is 10.8. The molecular formula is C14H21ClFN3O4S. The molecule has 24 heavy (non-hydrogen) atoms. The highest BCUT2D eigenvalue weighted by molar-refractivity contribution is 7.89. The number of nitrogens with two attached hydrogens (primary N) is 1. The number of ether oxygens (including phenoxy) is 1. The van der Waals surface area contributed by atoms with Crippen molar-refractivity contribution in [2.75, 3.05) is 20.2 Å². The number of amides is 1. The molecule has 10 heteroatoms. The number of sulfonamides is 1. The fourth-order valence-electron chi connectivity index (χ4n) is 2.57. The highest BCUT2D eigenvalue weighted by atomic mass is 35.5. The summed E-state index contributed by atoms with van der Waals surface area (Å²) in [6.07, 6.45) is 1.70. The Morgan fingerprint density at radius 1 is 1.50 bits per heavy atom. The van der Waals surface area contributed by atoms with Crippen LogP contribution in [0.25, 0.3) is 0 Å². The standard InChI is InChI=1S/C14H20FN3O4S.ClH/c1-22-14-11(15)5-9(6-12(14)23(16,20)21)7-13(19)18-10-3-2-4-17-8-10;/h5-6,10,17H,2-4,7-8H2,1H3,(H,18,19)(H2,16,20,21);1H/t10-;/m0./s1. The molecule has 0 aromatic heterocycles. The van der Waals surface area contributed by atoms with Crippen LogP contribution in [-0.4, -0.2) is 40.6 Å². The molecule has 1 aliphatic rings. The molecule has 0 bridgehead atoms. The minimum Gasteiger partial charge on any atom is -0.492 e. The van der Waals surface area contributed by atoms with Gasteiger partial charge in [-0.1, -0.05) is 0 Å². The average molecular weight is 382 g/mol. The number of carbonyl (C=O) groups excluding carboxylic acids is 1. The third kappa shape index (κ3) is 5.30. The summed E-state index contributed by atoms with van der Waals surface area (Å²) in [6, 6.07) is 2.26. The molecule has 1 amide bonds. The predicted molar refractivity (Wildman–Crippen MR) is 89.3 cm³/mol. The molecule has 1 atom stereocenters. The zero-order valence-corrected chi connectivity index (χ0v) is 14.8. The van der Waals surface area contributed by atoms with Gasteiger partial charge in [0.25, 0.3) is 0 Å². The van der Waals surface area contributed by atoms with Gasteiger partial charge >= 0.3 is 0 Å². The van der Waals surface area contributed by atoms with Gasteiger partial charge in [0.05, 0.1) is 13.5 Å². The molecule has 4 N–H and O–H groups in total. The van der Waals surface area contributed by atoms with Crippen LogP contribution < -0.4 is 20.5 Å². The van der Waals surface area contributed by atoms with Crippen molar-refractivity contribution in [3.8, 4) is 5.75 Å². The third-order valence-electron chi connectivity index (χ3n) is 3.61. The molecule has 1 aliphatic heterocycles. The maximum absolute atomic E-state index is 14.0. The summed E-state index contributed by atoms with van der Waals surface area (Å²) in [5.74, 6) is -1.63. The number of benzene rings is 1. The topological polar surface area (TPSA) is 111 Å². The van der Waals surface area contributed by atoms with E-state index in [0.717, 1.165) is 38.6 Å². The Morgan fingerprint density at radius 3 is 2.75 bits per heavy atom. The van der Waals surface area contributed by atoms with E-state index in [0.29, 0.717) is 6.54 Å². The highest BCUT2D eigenvalue weighted by Crippen LogP contribution is 2.28. The Morgan fingerprint density at radius 2 is 2.21 bits per heavy atom. The van der Waals surface area contributed by atoms with Crippen molar-refractivity contribution in [2.45, 2.75) is 30.2 Å². The lowest BCUT2D eigenvalue weighted by Gasteiger charge is -2.23. The molecule has 0 radical (unpaired) electrons. The van der Waals surface area contributed by atoms with Crippen LogP contribution in [0.1, 0.15) is 18.4 Å². The van der Waals surface area contributed by atoms with Crippen molar-refractivity contribution < 1.29 is 22.3 Å². The molecule has 1 fully saturated rings. The molecule has 0 saturated carbocycles. The van der Waals surface area contributed by atoms with Crippen LogP contribution in [0.4, 0.5) is 4.39 Å². The molecule has 1 heterocycles. The lowest BCUT2D eigenvalue weighted by molar-refractivity contribution is -0.121. The number of methoxy groups -OCH3 is 1. The predicted octanol–water partition coefficient (Wildman–Crippen LogP) is 0.314. The van der Waals surface area contributed by atoms with Gasteiger partial charge < -0.3 is 15.4 Å². The second kappa shape index (κ2) is 8.61. The number of piperidine rings is 1. The number of nitrogens with one attached hydrogen (secondary N) is 2. The number of carbonyl (C=O) groups is 1. The highest BCUT2D eigenvalue weighted by Gasteiger charge is 2.22. The van der Waals surface area contributed by atoms with E-state index in [2.05, 4.69) is 10.6 Å². The van der Waals surface area contributed by atoms with Gasteiger partial charge in [-0.2, -0.15) is 0 Å². The fraction of sp³-hybridized carbons (Fsp3) is 0.500. The summed E-state index contributed by atoms with van der Waals surface area (Å²) in [7, 11) is -3.01. The van der Waals surface area contributed by atoms with Crippen LogP contribution in [0, 0.1) is 5.82 Å². The third-order valence-corrected chi connectivity index (χ3v) is 4.52. The molecule has 0 unspecified atom stereocenters. The summed E-state index contributed by atoms with van der Waals surface area (Å²) >= 11 is 0. The van der Waals surface area contributed by atoms with Crippen molar-refractivity contribution in [2.24, 2.45) is 5.14 Å². The molecule has 136 valence electrons. The van der Waals surface area contributed by atoms with Crippen molar-refractivity contribution in [1.29, 1.82) is 0 Å². The van der Waals surface area contributed by atoms with Gasteiger partial charge in [-0.3, -0.25) is 4.79 Å². The van der Waals surface area contributed by atoms with Crippen molar-refractivity contribution in [3.63, 3.8) is 0 Å². The zero-order chi connectivity index (χ0) is 17.0. The van der Waals surface area contributed by atoms with E-state index in [9.17, 15) is 17.6 Å². The second-order valence-corrected chi connectivity index (χ2v) is 6.97. The lowest BCUT2D eigenvalue weighted by Crippen LogP contribution is -2.46. The maximum Gasteiger partial charge on any atom is 0.241 e. The van der Waals surface area contributed by atoms with E-state index in [1.165, 1.54) is 0 Å². The number of halogens is 2. The minimum atomic E-state index is -4.16. The van der Waals surface area contributed by atoms with Crippen LogP contribution in [0.3, 0.4) is 0 Å². The van der Waals surface area contributed by atoms with E-state index >= 15 is 0 Å². The monoisotopic (exact) mass is 381 g/mol. The zero-order valence-electron chi connectivity index (χ0n) is 13.2. The van der Waals surface area contributed by atoms with E-state index in [1.54, 1.807) is 0 Å². The van der Waals surface area contributed by atoms with Crippen LogP contribution in [0.5, 0.6) is 5.75 Å². The first-order valence-corrected chi connectivity index (χ1v) is 8.75. The Labute approximate surface area is 146 Å². The Hall–Kier alpha value is -1.42. The normalized spacial score (nSPS) is 17.7. The summed E-state index contributed by atoms with van der Waals surface area (Å²) < 4.78 is 41.8. The smallest absolute Gasteiger partial charge is 0.241 e. The quantitative estimate of drug-likeness (QED) is 0.680. The van der Waals surface area contributed by atoms with Crippen LogP contribution in [0.15, 0.2) is 17.0 Å². The lowest BCUT2D eigenvalue weighted by atomic mass is 10.1. The molecule has 7 nitrogen and oxygen atoms in total. The van der Waals surface area contributed by atoms with Crippen LogP contribution in [0.2, 0.25) is 0 Å². The minimum absolute atomic E-state index is 0. The SMILES string of the molecule is COc1c(F)cc(CC(=O)N[C@H]2CCCNC2)cc1S(N)(=O)=O.Cl. The number of hydrogen-bond donors (Lipinski definition) is 3. The van der Waals surface area contributed by atoms with Gasteiger partial charge in [0.2, 0.25) is 15.9 Å². The largest absolute Gasteiger partial charge is 0.492 e. The van der Waals surface area contributed by atoms with E-state index in [1.807, 2.05) is 0 Å². The van der Waals surface area contributed by atoms with E-state index in [-0.39, 0.29) is 36.3 Å². The van der Waals surface area contributed by atoms with Gasteiger partial charge in [0.15, 0.2) is 11.6 Å². The van der Waals surface area contributed by atoms with Crippen LogP contribution >= 0.6 is 12.4 Å². The van der Waals surface area contributed by atoms with Gasteiger partial charge in [0.1, 0.15) is 4.90 Å². The van der Waals surface area contributed by atoms with Gasteiger partial charge in [-0.25, -0.2) is 17.9 Å². The Bertz CT molecular complexity index is 694. The molecule has 0 aliphatic carbocycles. The molecule has 2 rings (SSSR count). The number of hydrogen-bond acceptors (Lipinski definition) is 5. The maximum atomic E-state index is 14.0. The number of primary sulfonamides is 1. The molecule has 0 spiro atoms. The molecule has 1 aromatic carbocycles. The summed E-state index contributed by atoms with van der Waals surface area (Å²) in [4.78, 5) is 11.6.